The minimum atomic E-state index is -0.359. The normalized spacial score (nSPS) is 11.4. The first kappa shape index (κ1) is 17.4. The predicted octanol–water partition coefficient (Wildman–Crippen LogP) is 3.82. The van der Waals surface area contributed by atoms with Crippen LogP contribution in [0, 0.1) is 0 Å². The number of carbonyl (C=O) groups excluding carboxylic acids is 2. The summed E-state index contributed by atoms with van der Waals surface area (Å²) < 4.78 is 0. The van der Waals surface area contributed by atoms with Crippen LogP contribution in [0.15, 0.2) is 79.0 Å². The number of aromatic nitrogens is 1. The first-order chi connectivity index (χ1) is 12.6. The van der Waals surface area contributed by atoms with Gasteiger partial charge in [0, 0.05) is 6.20 Å². The van der Waals surface area contributed by atoms with E-state index in [0.29, 0.717) is 16.9 Å². The Morgan fingerprint density at radius 3 is 2.27 bits per heavy atom. The molecule has 0 aliphatic heterocycles. The van der Waals surface area contributed by atoms with Gasteiger partial charge in [0.2, 0.25) is 0 Å². The summed E-state index contributed by atoms with van der Waals surface area (Å²) in [4.78, 5) is 29.0. The van der Waals surface area contributed by atoms with E-state index in [9.17, 15) is 9.59 Å². The Morgan fingerprint density at radius 1 is 0.846 bits per heavy atom. The van der Waals surface area contributed by atoms with Crippen molar-refractivity contribution in [2.45, 2.75) is 13.0 Å². The molecule has 1 atom stereocenters. The van der Waals surface area contributed by atoms with E-state index in [2.05, 4.69) is 15.6 Å². The van der Waals surface area contributed by atoms with Gasteiger partial charge in [-0.3, -0.25) is 14.6 Å². The van der Waals surface area contributed by atoms with Crippen molar-refractivity contribution in [2.75, 3.05) is 5.32 Å². The quantitative estimate of drug-likeness (QED) is 0.738. The smallest absolute Gasteiger partial charge is 0.274 e. The van der Waals surface area contributed by atoms with Gasteiger partial charge in [-0.1, -0.05) is 48.5 Å². The molecular formula is C21H19N3O2. The van der Waals surface area contributed by atoms with Gasteiger partial charge in [-0.25, -0.2) is 0 Å². The van der Waals surface area contributed by atoms with Crippen LogP contribution in [-0.2, 0) is 0 Å². The first-order valence-corrected chi connectivity index (χ1v) is 8.32. The maximum atomic E-state index is 12.7. The van der Waals surface area contributed by atoms with Crippen molar-refractivity contribution in [3.05, 3.63) is 95.8 Å². The molecule has 130 valence electrons. The molecule has 1 aromatic heterocycles. The van der Waals surface area contributed by atoms with Gasteiger partial charge in [-0.15, -0.1) is 0 Å². The fourth-order valence-corrected chi connectivity index (χ4v) is 2.57. The van der Waals surface area contributed by atoms with Crippen LogP contribution < -0.4 is 10.6 Å². The topological polar surface area (TPSA) is 71.1 Å². The van der Waals surface area contributed by atoms with Gasteiger partial charge in [0.1, 0.15) is 5.69 Å². The molecule has 0 aliphatic rings. The summed E-state index contributed by atoms with van der Waals surface area (Å²) in [6, 6.07) is 21.6. The van der Waals surface area contributed by atoms with E-state index in [1.807, 2.05) is 37.3 Å². The molecule has 3 aromatic rings. The number of rotatable bonds is 5. The lowest BCUT2D eigenvalue weighted by atomic mass is 10.1. The lowest BCUT2D eigenvalue weighted by Gasteiger charge is -2.16. The summed E-state index contributed by atoms with van der Waals surface area (Å²) in [6.07, 6.45) is 1.55. The highest BCUT2D eigenvalue weighted by atomic mass is 16.2. The van der Waals surface area contributed by atoms with Crippen molar-refractivity contribution in [3.63, 3.8) is 0 Å². The van der Waals surface area contributed by atoms with Gasteiger partial charge >= 0.3 is 0 Å². The Balaban J connectivity index is 1.76. The van der Waals surface area contributed by atoms with E-state index in [-0.39, 0.29) is 17.9 Å². The van der Waals surface area contributed by atoms with E-state index in [1.54, 1.807) is 48.7 Å². The van der Waals surface area contributed by atoms with Gasteiger partial charge in [-0.2, -0.15) is 0 Å². The fourth-order valence-electron chi connectivity index (χ4n) is 2.57. The Labute approximate surface area is 152 Å². The molecule has 3 rings (SSSR count). The standard InChI is InChI=1S/C21H19N3O2/c1-15(16-9-3-2-4-10-16)23-20(25)17-11-5-6-12-18(17)24-21(26)19-13-7-8-14-22-19/h2-15H,1H3,(H,23,25)(H,24,26). The van der Waals surface area contributed by atoms with Crippen LogP contribution in [0.4, 0.5) is 5.69 Å². The van der Waals surface area contributed by atoms with E-state index in [1.165, 1.54) is 0 Å². The van der Waals surface area contributed by atoms with Crippen molar-refractivity contribution in [1.82, 2.24) is 10.3 Å². The van der Waals surface area contributed by atoms with Crippen molar-refractivity contribution in [1.29, 1.82) is 0 Å². The van der Waals surface area contributed by atoms with Gasteiger partial charge in [0.25, 0.3) is 11.8 Å². The molecule has 2 aromatic carbocycles. The van der Waals surface area contributed by atoms with Crippen molar-refractivity contribution >= 4 is 17.5 Å². The maximum absolute atomic E-state index is 12.7. The van der Waals surface area contributed by atoms with E-state index >= 15 is 0 Å². The highest BCUT2D eigenvalue weighted by Crippen LogP contribution is 2.18. The molecule has 1 heterocycles. The number of carbonyl (C=O) groups is 2. The number of para-hydroxylation sites is 1. The second-order valence-corrected chi connectivity index (χ2v) is 5.82. The Hall–Kier alpha value is -3.47. The van der Waals surface area contributed by atoms with Crippen LogP contribution in [0.5, 0.6) is 0 Å². The largest absolute Gasteiger partial charge is 0.345 e. The van der Waals surface area contributed by atoms with Gasteiger partial charge in [0.15, 0.2) is 0 Å². The van der Waals surface area contributed by atoms with Gasteiger partial charge in [0.05, 0.1) is 17.3 Å². The van der Waals surface area contributed by atoms with Crippen LogP contribution in [0.2, 0.25) is 0 Å². The zero-order valence-electron chi connectivity index (χ0n) is 14.3. The third kappa shape index (κ3) is 4.13. The number of benzene rings is 2. The van der Waals surface area contributed by atoms with Crippen LogP contribution in [-0.4, -0.2) is 16.8 Å². The number of hydrogen-bond donors (Lipinski definition) is 2. The van der Waals surface area contributed by atoms with E-state index in [4.69, 9.17) is 0 Å². The molecule has 2 amide bonds. The molecule has 5 nitrogen and oxygen atoms in total. The predicted molar refractivity (Wildman–Crippen MR) is 101 cm³/mol. The minimum absolute atomic E-state index is 0.150. The van der Waals surface area contributed by atoms with Gasteiger partial charge in [-0.05, 0) is 36.8 Å². The highest BCUT2D eigenvalue weighted by Gasteiger charge is 2.16. The molecule has 0 bridgehead atoms. The highest BCUT2D eigenvalue weighted by molar-refractivity contribution is 6.08. The zero-order chi connectivity index (χ0) is 18.4. The molecule has 0 fully saturated rings. The second kappa shape index (κ2) is 8.07. The van der Waals surface area contributed by atoms with Crippen molar-refractivity contribution in [2.24, 2.45) is 0 Å². The number of amides is 2. The lowest BCUT2D eigenvalue weighted by Crippen LogP contribution is -2.28. The molecule has 1 unspecified atom stereocenters. The van der Waals surface area contributed by atoms with Crippen LogP contribution in [0.1, 0.15) is 39.4 Å². The molecular weight excluding hydrogens is 326 g/mol. The molecule has 0 aliphatic carbocycles. The Kier molecular flexibility index (Phi) is 5.39. The monoisotopic (exact) mass is 345 g/mol. The maximum Gasteiger partial charge on any atom is 0.274 e. The van der Waals surface area contributed by atoms with Crippen molar-refractivity contribution in [3.8, 4) is 0 Å². The van der Waals surface area contributed by atoms with Crippen molar-refractivity contribution < 1.29 is 9.59 Å². The SMILES string of the molecule is CC(NC(=O)c1ccccc1NC(=O)c1ccccn1)c1ccccc1. The van der Waals surface area contributed by atoms with Gasteiger partial charge < -0.3 is 10.6 Å². The number of pyridine rings is 1. The Bertz CT molecular complexity index is 895. The van der Waals surface area contributed by atoms with Crippen LogP contribution in [0.3, 0.4) is 0 Å². The number of hydrogen-bond acceptors (Lipinski definition) is 3. The van der Waals surface area contributed by atoms with E-state index in [0.717, 1.165) is 5.56 Å². The molecule has 0 spiro atoms. The molecule has 0 saturated heterocycles. The molecule has 5 heteroatoms. The summed E-state index contributed by atoms with van der Waals surface area (Å²) in [5, 5.41) is 5.72. The molecule has 0 radical (unpaired) electrons. The molecule has 2 N–H and O–H groups in total. The van der Waals surface area contributed by atoms with Crippen LogP contribution in [0.25, 0.3) is 0 Å². The third-order valence-electron chi connectivity index (χ3n) is 3.96. The van der Waals surface area contributed by atoms with E-state index < -0.39 is 0 Å². The molecule has 0 saturated carbocycles. The number of nitrogens with zero attached hydrogens (tertiary/aromatic N) is 1. The minimum Gasteiger partial charge on any atom is -0.345 e. The summed E-state index contributed by atoms with van der Waals surface area (Å²) in [5.74, 6) is -0.611. The Morgan fingerprint density at radius 2 is 1.54 bits per heavy atom. The molecule has 26 heavy (non-hydrogen) atoms. The zero-order valence-corrected chi connectivity index (χ0v) is 14.3. The average Bonchev–Trinajstić information content (AvgIpc) is 2.69. The summed E-state index contributed by atoms with van der Waals surface area (Å²) in [6.45, 7) is 1.92. The second-order valence-electron chi connectivity index (χ2n) is 5.82. The fraction of sp³-hybridized carbons (Fsp3) is 0.0952. The average molecular weight is 345 g/mol. The summed E-state index contributed by atoms with van der Waals surface area (Å²) in [5.41, 5.74) is 2.15. The third-order valence-corrected chi connectivity index (χ3v) is 3.96. The number of anilines is 1. The lowest BCUT2D eigenvalue weighted by molar-refractivity contribution is 0.0941. The summed E-state index contributed by atoms with van der Waals surface area (Å²) in [7, 11) is 0. The summed E-state index contributed by atoms with van der Waals surface area (Å²) >= 11 is 0. The number of nitrogens with one attached hydrogen (secondary N) is 2. The van der Waals surface area contributed by atoms with Crippen LogP contribution >= 0.6 is 0 Å². The first-order valence-electron chi connectivity index (χ1n) is 8.32.